The maximum Gasteiger partial charge on any atom is 0.137 e. The van der Waals surface area contributed by atoms with Crippen LogP contribution in [0.4, 0.5) is 0 Å². The number of Topliss-reactive ketones (excluding diaryl/α,β-unsaturated/α-hetero) is 1. The Balaban J connectivity index is 2.76. The van der Waals surface area contributed by atoms with Gasteiger partial charge in [0.1, 0.15) is 5.78 Å². The van der Waals surface area contributed by atoms with Crippen molar-refractivity contribution in [2.24, 2.45) is 17.8 Å². The van der Waals surface area contributed by atoms with Crippen LogP contribution in [-0.4, -0.2) is 5.78 Å². The summed E-state index contributed by atoms with van der Waals surface area (Å²) in [4.78, 5) is 11.5. The van der Waals surface area contributed by atoms with E-state index < -0.39 is 0 Å². The van der Waals surface area contributed by atoms with E-state index in [4.69, 9.17) is 5.26 Å². The van der Waals surface area contributed by atoms with Gasteiger partial charge in [-0.1, -0.05) is 19.1 Å². The van der Waals surface area contributed by atoms with E-state index in [1.165, 1.54) is 0 Å². The summed E-state index contributed by atoms with van der Waals surface area (Å²) in [5, 5.41) is 8.85. The average Bonchev–Trinajstić information content (AvgIpc) is 2.09. The summed E-state index contributed by atoms with van der Waals surface area (Å²) in [7, 11) is 0. The van der Waals surface area contributed by atoms with Gasteiger partial charge in [0, 0.05) is 12.3 Å². The van der Waals surface area contributed by atoms with Crippen molar-refractivity contribution >= 4 is 5.78 Å². The number of allylic oxidation sites excluding steroid dienone is 1. The van der Waals surface area contributed by atoms with Crippen molar-refractivity contribution in [3.8, 4) is 6.07 Å². The summed E-state index contributed by atoms with van der Waals surface area (Å²) < 4.78 is 0. The fraction of sp³-hybridized carbons (Fsp3) is 0.636. The summed E-state index contributed by atoms with van der Waals surface area (Å²) in [6.45, 7) is 7.63. The Hall–Kier alpha value is -1.10. The molecule has 0 amide bonds. The Morgan fingerprint density at radius 3 is 2.77 bits per heavy atom. The van der Waals surface area contributed by atoms with Gasteiger partial charge in [-0.15, -0.1) is 0 Å². The van der Waals surface area contributed by atoms with Crippen molar-refractivity contribution in [2.45, 2.75) is 26.7 Å². The molecule has 0 N–H and O–H groups in total. The van der Waals surface area contributed by atoms with E-state index in [0.29, 0.717) is 6.42 Å². The number of ketones is 1. The Morgan fingerprint density at radius 1 is 1.69 bits per heavy atom. The topological polar surface area (TPSA) is 40.9 Å². The van der Waals surface area contributed by atoms with Crippen molar-refractivity contribution in [3.63, 3.8) is 0 Å². The standard InChI is InChI=1S/C11H15NO/c1-7(2)9-4-10(6-12)8(3)11(13)5-9/h8-10H,1,4-5H2,2-3H3/t8-,9+,10-/m1/s1. The van der Waals surface area contributed by atoms with Gasteiger partial charge in [-0.2, -0.15) is 5.26 Å². The van der Waals surface area contributed by atoms with E-state index in [1.54, 1.807) is 0 Å². The number of rotatable bonds is 1. The molecule has 3 atom stereocenters. The Labute approximate surface area is 79.2 Å². The second kappa shape index (κ2) is 3.74. The van der Waals surface area contributed by atoms with Gasteiger partial charge in [-0.25, -0.2) is 0 Å². The molecule has 2 heteroatoms. The largest absolute Gasteiger partial charge is 0.299 e. The molecule has 1 saturated carbocycles. The summed E-state index contributed by atoms with van der Waals surface area (Å²) in [6, 6.07) is 2.21. The minimum Gasteiger partial charge on any atom is -0.299 e. The third kappa shape index (κ3) is 1.98. The molecule has 2 nitrogen and oxygen atoms in total. The van der Waals surface area contributed by atoms with Crippen molar-refractivity contribution in [3.05, 3.63) is 12.2 Å². The number of carbonyl (C=O) groups is 1. The molecule has 0 bridgehead atoms. The van der Waals surface area contributed by atoms with E-state index in [1.807, 2.05) is 13.8 Å². The highest BCUT2D eigenvalue weighted by Crippen LogP contribution is 2.33. The minimum atomic E-state index is -0.108. The van der Waals surface area contributed by atoms with Crippen LogP contribution in [0.1, 0.15) is 26.7 Å². The molecule has 13 heavy (non-hydrogen) atoms. The molecule has 70 valence electrons. The summed E-state index contributed by atoms with van der Waals surface area (Å²) in [5.41, 5.74) is 1.03. The number of hydrogen-bond donors (Lipinski definition) is 0. The lowest BCUT2D eigenvalue weighted by Gasteiger charge is -2.29. The second-order valence-corrected chi connectivity index (χ2v) is 3.97. The Kier molecular flexibility index (Phi) is 2.87. The molecule has 0 heterocycles. The summed E-state index contributed by atoms with van der Waals surface area (Å²) in [6.07, 6.45) is 1.38. The van der Waals surface area contributed by atoms with Crippen LogP contribution in [-0.2, 0) is 4.79 Å². The highest BCUT2D eigenvalue weighted by molar-refractivity contribution is 5.82. The van der Waals surface area contributed by atoms with Crippen LogP contribution in [0.25, 0.3) is 0 Å². The number of nitrogens with zero attached hydrogens (tertiary/aromatic N) is 1. The predicted molar refractivity (Wildman–Crippen MR) is 50.8 cm³/mol. The Bertz CT molecular complexity index is 274. The normalized spacial score (nSPS) is 33.9. The lowest BCUT2D eigenvalue weighted by molar-refractivity contribution is -0.126. The molecule has 1 aliphatic carbocycles. The average molecular weight is 177 g/mol. The molecule has 0 radical (unpaired) electrons. The molecule has 0 aliphatic heterocycles. The maximum absolute atomic E-state index is 11.5. The van der Waals surface area contributed by atoms with Crippen molar-refractivity contribution in [2.75, 3.05) is 0 Å². The highest BCUT2D eigenvalue weighted by Gasteiger charge is 2.33. The van der Waals surface area contributed by atoms with E-state index in [0.717, 1.165) is 12.0 Å². The van der Waals surface area contributed by atoms with Gasteiger partial charge in [0.15, 0.2) is 0 Å². The molecule has 0 saturated heterocycles. The first-order valence-electron chi connectivity index (χ1n) is 4.64. The molecule has 0 spiro atoms. The quantitative estimate of drug-likeness (QED) is 0.577. The maximum atomic E-state index is 11.5. The fourth-order valence-corrected chi connectivity index (χ4v) is 1.79. The third-order valence-corrected chi connectivity index (χ3v) is 2.96. The first-order valence-corrected chi connectivity index (χ1v) is 4.64. The van der Waals surface area contributed by atoms with Gasteiger partial charge in [-0.05, 0) is 19.3 Å². The van der Waals surface area contributed by atoms with Crippen LogP contribution in [0.2, 0.25) is 0 Å². The highest BCUT2D eigenvalue weighted by atomic mass is 16.1. The number of hydrogen-bond acceptors (Lipinski definition) is 2. The molecule has 0 aromatic carbocycles. The monoisotopic (exact) mass is 177 g/mol. The SMILES string of the molecule is C=C(C)[C@@H]1CC(=O)[C@H](C)[C@@H](C#N)C1. The first-order chi connectivity index (χ1) is 6.06. The van der Waals surface area contributed by atoms with Crippen LogP contribution in [0.5, 0.6) is 0 Å². The second-order valence-electron chi connectivity index (χ2n) is 3.97. The lowest BCUT2D eigenvalue weighted by Crippen LogP contribution is -2.30. The molecular weight excluding hydrogens is 162 g/mol. The van der Waals surface area contributed by atoms with Crippen LogP contribution in [0, 0.1) is 29.1 Å². The summed E-state index contributed by atoms with van der Waals surface area (Å²) >= 11 is 0. The molecule has 1 fully saturated rings. The Morgan fingerprint density at radius 2 is 2.31 bits per heavy atom. The zero-order valence-corrected chi connectivity index (χ0v) is 8.21. The van der Waals surface area contributed by atoms with Crippen molar-refractivity contribution < 1.29 is 4.79 Å². The van der Waals surface area contributed by atoms with E-state index in [2.05, 4.69) is 12.6 Å². The zero-order valence-electron chi connectivity index (χ0n) is 8.21. The van der Waals surface area contributed by atoms with Gasteiger partial charge in [0.25, 0.3) is 0 Å². The van der Waals surface area contributed by atoms with Gasteiger partial charge >= 0.3 is 0 Å². The van der Waals surface area contributed by atoms with Crippen molar-refractivity contribution in [1.29, 1.82) is 5.26 Å². The number of carbonyl (C=O) groups excluding carboxylic acids is 1. The molecule has 0 aromatic heterocycles. The van der Waals surface area contributed by atoms with Crippen LogP contribution in [0.15, 0.2) is 12.2 Å². The van der Waals surface area contributed by atoms with Gasteiger partial charge in [-0.3, -0.25) is 4.79 Å². The van der Waals surface area contributed by atoms with E-state index in [9.17, 15) is 4.79 Å². The first kappa shape index (κ1) is 9.98. The van der Waals surface area contributed by atoms with Gasteiger partial charge < -0.3 is 0 Å². The molecular formula is C11H15NO. The lowest BCUT2D eigenvalue weighted by atomic mass is 9.73. The smallest absolute Gasteiger partial charge is 0.137 e. The third-order valence-electron chi connectivity index (χ3n) is 2.96. The number of nitriles is 1. The van der Waals surface area contributed by atoms with E-state index in [-0.39, 0.29) is 23.5 Å². The van der Waals surface area contributed by atoms with Crippen molar-refractivity contribution in [1.82, 2.24) is 0 Å². The molecule has 0 aromatic rings. The van der Waals surface area contributed by atoms with Crippen LogP contribution >= 0.6 is 0 Å². The summed E-state index contributed by atoms with van der Waals surface area (Å²) in [5.74, 6) is 0.252. The predicted octanol–water partition coefficient (Wildman–Crippen LogP) is 2.32. The zero-order chi connectivity index (χ0) is 10.0. The van der Waals surface area contributed by atoms with Gasteiger partial charge in [0.2, 0.25) is 0 Å². The minimum absolute atomic E-state index is 0.0828. The van der Waals surface area contributed by atoms with E-state index >= 15 is 0 Å². The fourth-order valence-electron chi connectivity index (χ4n) is 1.79. The van der Waals surface area contributed by atoms with Crippen LogP contribution < -0.4 is 0 Å². The molecule has 0 unspecified atom stereocenters. The molecule has 1 rings (SSSR count). The van der Waals surface area contributed by atoms with Crippen LogP contribution in [0.3, 0.4) is 0 Å². The molecule has 1 aliphatic rings. The van der Waals surface area contributed by atoms with Gasteiger partial charge in [0.05, 0.1) is 12.0 Å².